The maximum atomic E-state index is 11.7. The molecule has 0 aliphatic rings. The van der Waals surface area contributed by atoms with Gasteiger partial charge in [-0.2, -0.15) is 8.42 Å². The maximum absolute atomic E-state index is 11.7. The van der Waals surface area contributed by atoms with E-state index in [1.54, 1.807) is 0 Å². The minimum Gasteiger partial charge on any atom is -0.392 e. The predicted molar refractivity (Wildman–Crippen MR) is 120 cm³/mol. The number of esters is 2. The van der Waals surface area contributed by atoms with E-state index in [1.165, 1.54) is 70.6 Å². The standard InChI is InChI=1S/C22H41NO7S/c1-2-3-4-5-6-7-8-9-10-11-12-13-14-15-16-17-21(25)30-22(26)19(18-20(23)24)31(27,28)29/h19H,2-18H2,1H3,(H2,23,24)(H,27,28,29). The van der Waals surface area contributed by atoms with Crippen LogP contribution >= 0.6 is 0 Å². The first-order valence-electron chi connectivity index (χ1n) is 11.7. The van der Waals surface area contributed by atoms with Crippen molar-refractivity contribution in [1.82, 2.24) is 0 Å². The Hall–Kier alpha value is -1.48. The van der Waals surface area contributed by atoms with Crippen LogP contribution < -0.4 is 5.73 Å². The van der Waals surface area contributed by atoms with Gasteiger partial charge < -0.3 is 10.5 Å². The molecule has 0 saturated carbocycles. The lowest BCUT2D eigenvalue weighted by molar-refractivity contribution is -0.160. The summed E-state index contributed by atoms with van der Waals surface area (Å²) in [7, 11) is -4.88. The summed E-state index contributed by atoms with van der Waals surface area (Å²) in [6, 6.07) is 0. The molecule has 0 spiro atoms. The highest BCUT2D eigenvalue weighted by Crippen LogP contribution is 2.14. The molecular weight excluding hydrogens is 422 g/mol. The number of rotatable bonds is 20. The largest absolute Gasteiger partial charge is 0.392 e. The van der Waals surface area contributed by atoms with Crippen LogP contribution in [0.25, 0.3) is 0 Å². The number of unbranched alkanes of at least 4 members (excludes halogenated alkanes) is 14. The molecule has 0 aromatic carbocycles. The van der Waals surface area contributed by atoms with Gasteiger partial charge in [-0.05, 0) is 6.42 Å². The number of nitrogens with two attached hydrogens (primary N) is 1. The molecule has 0 bridgehead atoms. The minimum atomic E-state index is -4.88. The summed E-state index contributed by atoms with van der Waals surface area (Å²) in [6.45, 7) is 2.23. The number of carbonyl (C=O) groups excluding carboxylic acids is 3. The molecule has 0 radical (unpaired) electrons. The summed E-state index contributed by atoms with van der Waals surface area (Å²) in [4.78, 5) is 34.2. The number of amides is 1. The topological polar surface area (TPSA) is 141 Å². The van der Waals surface area contributed by atoms with E-state index in [-0.39, 0.29) is 6.42 Å². The zero-order chi connectivity index (χ0) is 23.5. The highest BCUT2D eigenvalue weighted by atomic mass is 32.2. The molecule has 182 valence electrons. The van der Waals surface area contributed by atoms with E-state index in [4.69, 9.17) is 10.3 Å². The second kappa shape index (κ2) is 18.1. The van der Waals surface area contributed by atoms with Crippen LogP contribution in [0.1, 0.15) is 116 Å². The first kappa shape index (κ1) is 29.5. The fraction of sp³-hybridized carbons (Fsp3) is 0.864. The van der Waals surface area contributed by atoms with Crippen LogP contribution in [0, 0.1) is 0 Å². The molecule has 0 aromatic rings. The van der Waals surface area contributed by atoms with Crippen LogP contribution in [0.4, 0.5) is 0 Å². The summed E-state index contributed by atoms with van der Waals surface area (Å²) in [5, 5.41) is -2.17. The van der Waals surface area contributed by atoms with E-state index < -0.39 is 39.6 Å². The van der Waals surface area contributed by atoms with Crippen LogP contribution in [0.15, 0.2) is 0 Å². The second-order valence-electron chi connectivity index (χ2n) is 8.17. The Balaban J connectivity index is 3.67. The summed E-state index contributed by atoms with van der Waals surface area (Å²) in [5.74, 6) is -3.46. The molecule has 1 unspecified atom stereocenters. The molecule has 0 fully saturated rings. The summed E-state index contributed by atoms with van der Waals surface area (Å²) in [6.07, 6.45) is 16.8. The van der Waals surface area contributed by atoms with Crippen molar-refractivity contribution in [2.24, 2.45) is 5.73 Å². The number of carbonyl (C=O) groups is 3. The van der Waals surface area contributed by atoms with Gasteiger partial charge in [0.25, 0.3) is 10.1 Å². The lowest BCUT2D eigenvalue weighted by atomic mass is 10.0. The summed E-state index contributed by atoms with van der Waals surface area (Å²) < 4.78 is 35.7. The molecule has 0 rings (SSSR count). The van der Waals surface area contributed by atoms with E-state index in [1.807, 2.05) is 0 Å². The highest BCUT2D eigenvalue weighted by molar-refractivity contribution is 7.87. The van der Waals surface area contributed by atoms with E-state index in [0.29, 0.717) is 6.42 Å². The highest BCUT2D eigenvalue weighted by Gasteiger charge is 2.35. The lowest BCUT2D eigenvalue weighted by Crippen LogP contribution is -2.36. The first-order chi connectivity index (χ1) is 14.7. The van der Waals surface area contributed by atoms with Crippen molar-refractivity contribution in [3.05, 3.63) is 0 Å². The number of primary amides is 1. The van der Waals surface area contributed by atoms with Gasteiger partial charge in [0.05, 0.1) is 6.42 Å². The molecule has 8 nitrogen and oxygen atoms in total. The zero-order valence-corrected chi connectivity index (χ0v) is 19.8. The zero-order valence-electron chi connectivity index (χ0n) is 19.0. The third-order valence-corrected chi connectivity index (χ3v) is 6.29. The average molecular weight is 464 g/mol. The van der Waals surface area contributed by atoms with Gasteiger partial charge in [0.15, 0.2) is 5.25 Å². The Morgan fingerprint density at radius 3 is 1.52 bits per heavy atom. The van der Waals surface area contributed by atoms with Crippen LogP contribution in [0.2, 0.25) is 0 Å². The number of hydrogen-bond donors (Lipinski definition) is 2. The van der Waals surface area contributed by atoms with Gasteiger partial charge in [-0.25, -0.2) is 0 Å². The monoisotopic (exact) mass is 463 g/mol. The smallest absolute Gasteiger partial charge is 0.335 e. The minimum absolute atomic E-state index is 0.0290. The average Bonchev–Trinajstić information content (AvgIpc) is 2.68. The van der Waals surface area contributed by atoms with E-state index in [2.05, 4.69) is 11.7 Å². The molecule has 0 aliphatic heterocycles. The molecule has 0 aliphatic carbocycles. The van der Waals surface area contributed by atoms with Gasteiger partial charge in [0, 0.05) is 6.42 Å². The molecule has 0 saturated heterocycles. The lowest BCUT2D eigenvalue weighted by Gasteiger charge is -2.10. The molecule has 0 aromatic heterocycles. The number of hydrogen-bond acceptors (Lipinski definition) is 6. The Labute approximate surface area is 187 Å². The van der Waals surface area contributed by atoms with Gasteiger partial charge in [-0.3, -0.25) is 18.9 Å². The van der Waals surface area contributed by atoms with Crippen LogP contribution in [0.3, 0.4) is 0 Å². The fourth-order valence-corrected chi connectivity index (χ4v) is 4.03. The van der Waals surface area contributed by atoms with Crippen molar-refractivity contribution in [3.63, 3.8) is 0 Å². The van der Waals surface area contributed by atoms with Gasteiger partial charge in [0.1, 0.15) is 0 Å². The molecule has 1 amide bonds. The van der Waals surface area contributed by atoms with E-state index >= 15 is 0 Å². The second-order valence-corrected chi connectivity index (χ2v) is 9.77. The van der Waals surface area contributed by atoms with Crippen LogP contribution in [-0.4, -0.2) is 36.1 Å². The summed E-state index contributed by atoms with van der Waals surface area (Å²) in [5.41, 5.74) is 4.85. The van der Waals surface area contributed by atoms with Crippen molar-refractivity contribution >= 4 is 28.0 Å². The van der Waals surface area contributed by atoms with Gasteiger partial charge in [0.2, 0.25) is 5.91 Å². The third-order valence-electron chi connectivity index (χ3n) is 5.21. The van der Waals surface area contributed by atoms with E-state index in [9.17, 15) is 22.8 Å². The van der Waals surface area contributed by atoms with Crippen molar-refractivity contribution in [2.75, 3.05) is 0 Å². The Bertz CT molecular complexity index is 619. The van der Waals surface area contributed by atoms with E-state index in [0.717, 1.165) is 19.3 Å². The van der Waals surface area contributed by atoms with Gasteiger partial charge >= 0.3 is 11.9 Å². The van der Waals surface area contributed by atoms with Gasteiger partial charge in [-0.15, -0.1) is 0 Å². The maximum Gasteiger partial charge on any atom is 0.335 e. The third kappa shape index (κ3) is 17.9. The summed E-state index contributed by atoms with van der Waals surface area (Å²) >= 11 is 0. The molecule has 0 heterocycles. The van der Waals surface area contributed by atoms with Gasteiger partial charge in [-0.1, -0.05) is 96.8 Å². The molecule has 1 atom stereocenters. The van der Waals surface area contributed by atoms with Crippen molar-refractivity contribution < 1.29 is 32.1 Å². The van der Waals surface area contributed by atoms with Crippen molar-refractivity contribution in [2.45, 2.75) is 121 Å². The van der Waals surface area contributed by atoms with Crippen molar-refractivity contribution in [1.29, 1.82) is 0 Å². The SMILES string of the molecule is CCCCCCCCCCCCCCCCCC(=O)OC(=O)C(CC(N)=O)S(=O)(=O)O. The number of ether oxygens (including phenoxy) is 1. The first-order valence-corrected chi connectivity index (χ1v) is 13.2. The quantitative estimate of drug-likeness (QED) is 0.118. The normalized spacial score (nSPS) is 12.5. The molecular formula is C22H41NO7S. The fourth-order valence-electron chi connectivity index (χ4n) is 3.36. The Morgan fingerprint density at radius 2 is 1.16 bits per heavy atom. The predicted octanol–water partition coefficient (Wildman–Crippen LogP) is 4.45. The molecule has 31 heavy (non-hydrogen) atoms. The van der Waals surface area contributed by atoms with Crippen LogP contribution in [-0.2, 0) is 29.2 Å². The Kier molecular flexibility index (Phi) is 17.3. The Morgan fingerprint density at radius 1 is 0.774 bits per heavy atom. The molecule has 9 heteroatoms. The van der Waals surface area contributed by atoms with Crippen molar-refractivity contribution in [3.8, 4) is 0 Å². The van der Waals surface area contributed by atoms with Crippen LogP contribution in [0.5, 0.6) is 0 Å². The molecule has 3 N–H and O–H groups in total.